The zero-order valence-corrected chi connectivity index (χ0v) is 13.2. The highest BCUT2D eigenvalue weighted by Gasteiger charge is 2.14. The minimum absolute atomic E-state index is 0.263. The van der Waals surface area contributed by atoms with Crippen LogP contribution in [0.2, 0.25) is 0 Å². The number of amides is 3. The highest BCUT2D eigenvalue weighted by Crippen LogP contribution is 2.26. The second-order valence-electron chi connectivity index (χ2n) is 4.51. The molecule has 5 nitrogen and oxygen atoms in total. The molecule has 8 heteroatoms. The molecule has 0 fully saturated rings. The lowest BCUT2D eigenvalue weighted by atomic mass is 10.3. The van der Waals surface area contributed by atoms with Crippen LogP contribution in [0.3, 0.4) is 0 Å². The maximum atomic E-state index is 12.2. The molecule has 0 aliphatic rings. The molecule has 0 aliphatic heterocycles. The molecule has 1 atom stereocenters. The third kappa shape index (κ3) is 6.75. The number of hydrogen-bond acceptors (Lipinski definition) is 3. The molecule has 3 amide bonds. The first-order valence-corrected chi connectivity index (χ1v) is 7.70. The van der Waals surface area contributed by atoms with Gasteiger partial charge in [0, 0.05) is 17.1 Å². The molecule has 0 unspecified atom stereocenters. The lowest BCUT2D eigenvalue weighted by Gasteiger charge is -2.14. The Morgan fingerprint density at radius 2 is 1.86 bits per heavy atom. The fraction of sp³-hybridized carbons (Fsp3) is 0.429. The first-order chi connectivity index (χ1) is 10.4. The van der Waals surface area contributed by atoms with Gasteiger partial charge < -0.3 is 16.0 Å². The molecule has 1 aromatic rings. The highest BCUT2D eigenvalue weighted by molar-refractivity contribution is 7.99. The van der Waals surface area contributed by atoms with Crippen LogP contribution in [0.15, 0.2) is 29.2 Å². The van der Waals surface area contributed by atoms with Crippen LogP contribution in [-0.4, -0.2) is 30.3 Å². The maximum absolute atomic E-state index is 12.2. The Labute approximate surface area is 132 Å². The van der Waals surface area contributed by atoms with Crippen LogP contribution in [0.1, 0.15) is 20.3 Å². The topological polar surface area (TPSA) is 70.2 Å². The van der Waals surface area contributed by atoms with E-state index in [4.69, 9.17) is 0 Å². The summed E-state index contributed by atoms with van der Waals surface area (Å²) in [5, 5.41) is 7.71. The van der Waals surface area contributed by atoms with Crippen molar-refractivity contribution in [2.45, 2.75) is 37.0 Å². The van der Waals surface area contributed by atoms with Crippen LogP contribution in [-0.2, 0) is 4.79 Å². The second-order valence-corrected chi connectivity index (χ2v) is 5.58. The Morgan fingerprint density at radius 1 is 1.23 bits per heavy atom. The van der Waals surface area contributed by atoms with E-state index in [1.807, 2.05) is 6.92 Å². The molecule has 0 bridgehead atoms. The SMILES string of the molecule is CCCNC(=O)[C@H](C)NC(=O)Nc1ccc(SC(F)F)cc1. The third-order valence-electron chi connectivity index (χ3n) is 2.63. The largest absolute Gasteiger partial charge is 0.354 e. The van der Waals surface area contributed by atoms with Gasteiger partial charge in [-0.05, 0) is 37.6 Å². The molecular weight excluding hydrogens is 312 g/mol. The van der Waals surface area contributed by atoms with E-state index in [1.165, 1.54) is 24.3 Å². The van der Waals surface area contributed by atoms with E-state index in [1.54, 1.807) is 6.92 Å². The number of halogens is 2. The van der Waals surface area contributed by atoms with Gasteiger partial charge in [-0.15, -0.1) is 0 Å². The molecular formula is C14H19F2N3O2S. The predicted molar refractivity (Wildman–Crippen MR) is 83.2 cm³/mol. The minimum Gasteiger partial charge on any atom is -0.354 e. The van der Waals surface area contributed by atoms with Crippen molar-refractivity contribution in [1.29, 1.82) is 0 Å². The van der Waals surface area contributed by atoms with E-state index in [0.717, 1.165) is 6.42 Å². The van der Waals surface area contributed by atoms with Gasteiger partial charge in [0.2, 0.25) is 5.91 Å². The van der Waals surface area contributed by atoms with Crippen LogP contribution in [0, 0.1) is 0 Å². The molecule has 0 radical (unpaired) electrons. The van der Waals surface area contributed by atoms with E-state index >= 15 is 0 Å². The van der Waals surface area contributed by atoms with E-state index in [-0.39, 0.29) is 5.91 Å². The van der Waals surface area contributed by atoms with Crippen molar-refractivity contribution in [2.24, 2.45) is 0 Å². The van der Waals surface area contributed by atoms with Crippen LogP contribution in [0.4, 0.5) is 19.3 Å². The molecule has 22 heavy (non-hydrogen) atoms. The number of nitrogens with one attached hydrogen (secondary N) is 3. The van der Waals surface area contributed by atoms with Crippen molar-refractivity contribution < 1.29 is 18.4 Å². The summed E-state index contributed by atoms with van der Waals surface area (Å²) >= 11 is 0.434. The number of urea groups is 1. The number of hydrogen-bond donors (Lipinski definition) is 3. The maximum Gasteiger partial charge on any atom is 0.319 e. The lowest BCUT2D eigenvalue weighted by Crippen LogP contribution is -2.46. The van der Waals surface area contributed by atoms with Gasteiger partial charge in [0.1, 0.15) is 6.04 Å². The molecule has 1 rings (SSSR count). The van der Waals surface area contributed by atoms with E-state index in [0.29, 0.717) is 28.9 Å². The Kier molecular flexibility index (Phi) is 7.65. The molecule has 0 aliphatic carbocycles. The summed E-state index contributed by atoms with van der Waals surface area (Å²) in [5.74, 6) is -2.75. The standard InChI is InChI=1S/C14H19F2N3O2S/c1-3-8-17-12(20)9(2)18-14(21)19-10-4-6-11(7-5-10)22-13(15)16/h4-7,9,13H,3,8H2,1-2H3,(H,17,20)(H2,18,19,21)/t9-/m0/s1. The van der Waals surface area contributed by atoms with Crippen molar-refractivity contribution in [2.75, 3.05) is 11.9 Å². The monoisotopic (exact) mass is 331 g/mol. The Morgan fingerprint density at radius 3 is 2.41 bits per heavy atom. The molecule has 0 heterocycles. The summed E-state index contributed by atoms with van der Waals surface area (Å²) < 4.78 is 24.4. The zero-order chi connectivity index (χ0) is 16.5. The van der Waals surface area contributed by atoms with Crippen molar-refractivity contribution >= 4 is 29.4 Å². The van der Waals surface area contributed by atoms with Crippen molar-refractivity contribution in [3.63, 3.8) is 0 Å². The Bertz CT molecular complexity index is 497. The first kappa shape index (κ1) is 18.2. The van der Waals surface area contributed by atoms with Crippen molar-refractivity contribution in [3.05, 3.63) is 24.3 Å². The van der Waals surface area contributed by atoms with Gasteiger partial charge >= 0.3 is 6.03 Å². The summed E-state index contributed by atoms with van der Waals surface area (Å²) in [4.78, 5) is 23.8. The zero-order valence-electron chi connectivity index (χ0n) is 12.4. The average Bonchev–Trinajstić information content (AvgIpc) is 2.46. The smallest absolute Gasteiger partial charge is 0.319 e. The predicted octanol–water partition coefficient (Wildman–Crippen LogP) is 3.04. The summed E-state index contributed by atoms with van der Waals surface area (Å²) in [6, 6.07) is 4.82. The number of alkyl halides is 2. The number of benzene rings is 1. The van der Waals surface area contributed by atoms with E-state index in [9.17, 15) is 18.4 Å². The van der Waals surface area contributed by atoms with Gasteiger partial charge in [-0.2, -0.15) is 8.78 Å². The molecule has 0 saturated carbocycles. The fourth-order valence-electron chi connectivity index (χ4n) is 1.55. The lowest BCUT2D eigenvalue weighted by molar-refractivity contribution is -0.122. The third-order valence-corrected chi connectivity index (χ3v) is 3.35. The van der Waals surface area contributed by atoms with Gasteiger partial charge in [0.15, 0.2) is 0 Å². The van der Waals surface area contributed by atoms with Gasteiger partial charge in [-0.3, -0.25) is 4.79 Å². The van der Waals surface area contributed by atoms with E-state index < -0.39 is 17.8 Å². The molecule has 0 spiro atoms. The number of carbonyl (C=O) groups excluding carboxylic acids is 2. The molecule has 1 aromatic carbocycles. The normalized spacial score (nSPS) is 11.9. The average molecular weight is 331 g/mol. The molecule has 0 aromatic heterocycles. The van der Waals surface area contributed by atoms with Crippen molar-refractivity contribution in [1.82, 2.24) is 10.6 Å². The van der Waals surface area contributed by atoms with Crippen LogP contribution in [0.5, 0.6) is 0 Å². The minimum atomic E-state index is -2.48. The number of carbonyl (C=O) groups is 2. The quantitative estimate of drug-likeness (QED) is 0.673. The number of anilines is 1. The number of rotatable bonds is 7. The molecule has 3 N–H and O–H groups in total. The van der Waals surface area contributed by atoms with Gasteiger partial charge in [0.25, 0.3) is 5.76 Å². The van der Waals surface area contributed by atoms with Gasteiger partial charge in [-0.1, -0.05) is 18.7 Å². The number of thioether (sulfide) groups is 1. The Balaban J connectivity index is 2.46. The molecule has 122 valence electrons. The van der Waals surface area contributed by atoms with Gasteiger partial charge in [0.05, 0.1) is 0 Å². The van der Waals surface area contributed by atoms with Crippen LogP contribution < -0.4 is 16.0 Å². The van der Waals surface area contributed by atoms with Crippen molar-refractivity contribution in [3.8, 4) is 0 Å². The van der Waals surface area contributed by atoms with Crippen LogP contribution >= 0.6 is 11.8 Å². The first-order valence-electron chi connectivity index (χ1n) is 6.82. The summed E-state index contributed by atoms with van der Waals surface area (Å²) in [7, 11) is 0. The summed E-state index contributed by atoms with van der Waals surface area (Å²) in [5.41, 5.74) is 0.456. The fourth-order valence-corrected chi connectivity index (χ4v) is 2.05. The van der Waals surface area contributed by atoms with Crippen LogP contribution in [0.25, 0.3) is 0 Å². The summed E-state index contributed by atoms with van der Waals surface area (Å²) in [6.45, 7) is 4.06. The highest BCUT2D eigenvalue weighted by atomic mass is 32.2. The molecule has 0 saturated heterocycles. The van der Waals surface area contributed by atoms with E-state index in [2.05, 4.69) is 16.0 Å². The summed E-state index contributed by atoms with van der Waals surface area (Å²) in [6.07, 6.45) is 0.813. The van der Waals surface area contributed by atoms with Gasteiger partial charge in [-0.25, -0.2) is 4.79 Å². The second kappa shape index (κ2) is 9.24. The Hall–Kier alpha value is -1.83.